The first-order valence-electron chi connectivity index (χ1n) is 8.08. The molecule has 0 radical (unpaired) electrons. The van der Waals surface area contributed by atoms with E-state index in [1.54, 1.807) is 7.11 Å². The number of halogens is 1. The summed E-state index contributed by atoms with van der Waals surface area (Å²) in [5.41, 5.74) is 6.87. The Morgan fingerprint density at radius 3 is 2.75 bits per heavy atom. The van der Waals surface area contributed by atoms with Crippen molar-refractivity contribution >= 4 is 29.9 Å². The normalized spacial score (nSPS) is 11.2. The highest BCUT2D eigenvalue weighted by Crippen LogP contribution is 2.14. The van der Waals surface area contributed by atoms with Crippen LogP contribution < -0.4 is 15.8 Å². The van der Waals surface area contributed by atoms with Gasteiger partial charge >= 0.3 is 0 Å². The average Bonchev–Trinajstić information content (AvgIpc) is 2.56. The maximum atomic E-state index is 5.79. The van der Waals surface area contributed by atoms with Crippen molar-refractivity contribution in [3.05, 3.63) is 29.8 Å². The average molecular weight is 450 g/mol. The molecule has 138 valence electrons. The Hall–Kier alpha value is -1.06. The Kier molecular flexibility index (Phi) is 13.7. The second-order valence-electron chi connectivity index (χ2n) is 5.42. The SMILES string of the molecule is CCCNC(N)=NCc1cccc(OCCN(C)CCOC)c1.I. The summed E-state index contributed by atoms with van der Waals surface area (Å²) in [5.74, 6) is 1.34. The summed E-state index contributed by atoms with van der Waals surface area (Å²) in [5, 5.41) is 3.06. The van der Waals surface area contributed by atoms with E-state index in [0.717, 1.165) is 44.0 Å². The van der Waals surface area contributed by atoms with Crippen LogP contribution in [0.1, 0.15) is 18.9 Å². The third kappa shape index (κ3) is 10.7. The molecule has 0 amide bonds. The lowest BCUT2D eigenvalue weighted by Gasteiger charge is -2.16. The highest BCUT2D eigenvalue weighted by molar-refractivity contribution is 14.0. The maximum Gasteiger partial charge on any atom is 0.188 e. The zero-order chi connectivity index (χ0) is 16.9. The zero-order valence-electron chi connectivity index (χ0n) is 15.0. The third-order valence-corrected chi connectivity index (χ3v) is 3.31. The fourth-order valence-corrected chi connectivity index (χ4v) is 1.90. The van der Waals surface area contributed by atoms with Gasteiger partial charge in [-0.15, -0.1) is 24.0 Å². The van der Waals surface area contributed by atoms with Crippen molar-refractivity contribution in [2.45, 2.75) is 19.9 Å². The van der Waals surface area contributed by atoms with Gasteiger partial charge < -0.3 is 25.4 Å². The fraction of sp³-hybridized carbons (Fsp3) is 0.588. The van der Waals surface area contributed by atoms with Gasteiger partial charge in [0.15, 0.2) is 5.96 Å². The van der Waals surface area contributed by atoms with Crippen molar-refractivity contribution in [3.63, 3.8) is 0 Å². The molecule has 0 aliphatic carbocycles. The summed E-state index contributed by atoms with van der Waals surface area (Å²) in [6.07, 6.45) is 1.03. The van der Waals surface area contributed by atoms with E-state index in [4.69, 9.17) is 15.2 Å². The molecule has 0 unspecified atom stereocenters. The van der Waals surface area contributed by atoms with Crippen LogP contribution in [-0.2, 0) is 11.3 Å². The van der Waals surface area contributed by atoms with Crippen LogP contribution in [0.4, 0.5) is 0 Å². The molecule has 0 spiro atoms. The first kappa shape index (κ1) is 22.9. The third-order valence-electron chi connectivity index (χ3n) is 3.31. The summed E-state index contributed by atoms with van der Waals surface area (Å²) in [6, 6.07) is 7.96. The second kappa shape index (κ2) is 14.3. The number of rotatable bonds is 11. The minimum atomic E-state index is 0. The summed E-state index contributed by atoms with van der Waals surface area (Å²) in [7, 11) is 3.77. The second-order valence-corrected chi connectivity index (χ2v) is 5.42. The molecule has 0 heterocycles. The molecule has 0 aliphatic heterocycles. The highest BCUT2D eigenvalue weighted by atomic mass is 127. The van der Waals surface area contributed by atoms with Gasteiger partial charge in [0, 0.05) is 26.7 Å². The van der Waals surface area contributed by atoms with Crippen molar-refractivity contribution in [1.82, 2.24) is 10.2 Å². The number of hydrogen-bond acceptors (Lipinski definition) is 4. The monoisotopic (exact) mass is 450 g/mol. The van der Waals surface area contributed by atoms with Gasteiger partial charge in [0.25, 0.3) is 0 Å². The summed E-state index contributed by atoms with van der Waals surface area (Å²) < 4.78 is 10.8. The van der Waals surface area contributed by atoms with Crippen molar-refractivity contribution in [2.75, 3.05) is 47.0 Å². The number of likely N-dealkylation sites (N-methyl/N-ethyl adjacent to an activating group) is 1. The zero-order valence-corrected chi connectivity index (χ0v) is 17.3. The molecular formula is C17H31IN4O2. The van der Waals surface area contributed by atoms with Crippen molar-refractivity contribution in [1.29, 1.82) is 0 Å². The van der Waals surface area contributed by atoms with E-state index in [1.165, 1.54) is 0 Å². The Balaban J connectivity index is 0.00000529. The van der Waals surface area contributed by atoms with E-state index in [0.29, 0.717) is 19.1 Å². The minimum Gasteiger partial charge on any atom is -0.492 e. The van der Waals surface area contributed by atoms with Crippen LogP contribution in [0, 0.1) is 0 Å². The first-order chi connectivity index (χ1) is 11.2. The van der Waals surface area contributed by atoms with Crippen LogP contribution in [0.2, 0.25) is 0 Å². The topological polar surface area (TPSA) is 72.1 Å². The summed E-state index contributed by atoms with van der Waals surface area (Å²) >= 11 is 0. The molecule has 1 rings (SSSR count). The Morgan fingerprint density at radius 1 is 1.29 bits per heavy atom. The Labute approximate surface area is 162 Å². The van der Waals surface area contributed by atoms with Gasteiger partial charge in [-0.05, 0) is 31.2 Å². The van der Waals surface area contributed by atoms with E-state index in [1.807, 2.05) is 24.3 Å². The van der Waals surface area contributed by atoms with Gasteiger partial charge in [-0.1, -0.05) is 19.1 Å². The van der Waals surface area contributed by atoms with Gasteiger partial charge in [-0.2, -0.15) is 0 Å². The van der Waals surface area contributed by atoms with Gasteiger partial charge in [0.05, 0.1) is 13.2 Å². The van der Waals surface area contributed by atoms with Crippen molar-refractivity contribution in [3.8, 4) is 5.75 Å². The molecule has 0 saturated heterocycles. The standard InChI is InChI=1S/C17H30N4O2.HI/c1-4-8-19-17(18)20-14-15-6-5-7-16(13-15)23-12-10-21(2)9-11-22-3;/h5-7,13H,4,8-12,14H2,1-3H3,(H3,18,19,20);1H. The number of guanidine groups is 1. The number of nitrogens with one attached hydrogen (secondary N) is 1. The van der Waals surface area contributed by atoms with Crippen LogP contribution in [-0.4, -0.2) is 57.9 Å². The largest absolute Gasteiger partial charge is 0.492 e. The molecule has 0 aliphatic rings. The maximum absolute atomic E-state index is 5.79. The van der Waals surface area contributed by atoms with E-state index < -0.39 is 0 Å². The number of nitrogens with zero attached hydrogens (tertiary/aromatic N) is 2. The van der Waals surface area contributed by atoms with E-state index in [9.17, 15) is 0 Å². The Morgan fingerprint density at radius 2 is 2.04 bits per heavy atom. The number of hydrogen-bond donors (Lipinski definition) is 2. The molecule has 0 aromatic heterocycles. The lowest BCUT2D eigenvalue weighted by molar-refractivity contribution is 0.150. The number of benzene rings is 1. The molecule has 3 N–H and O–H groups in total. The summed E-state index contributed by atoms with van der Waals surface area (Å²) in [4.78, 5) is 6.50. The Bertz CT molecular complexity index is 472. The van der Waals surface area contributed by atoms with Crippen LogP contribution in [0.5, 0.6) is 5.75 Å². The van der Waals surface area contributed by atoms with Crippen molar-refractivity contribution < 1.29 is 9.47 Å². The molecule has 6 nitrogen and oxygen atoms in total. The lowest BCUT2D eigenvalue weighted by Crippen LogP contribution is -2.32. The number of methoxy groups -OCH3 is 1. The quantitative estimate of drug-likeness (QED) is 0.307. The highest BCUT2D eigenvalue weighted by Gasteiger charge is 2.00. The van der Waals surface area contributed by atoms with Gasteiger partial charge in [0.1, 0.15) is 12.4 Å². The summed E-state index contributed by atoms with van der Waals surface area (Å²) in [6.45, 7) is 6.62. The fourth-order valence-electron chi connectivity index (χ4n) is 1.90. The minimum absolute atomic E-state index is 0. The predicted molar refractivity (Wildman–Crippen MR) is 110 cm³/mol. The molecule has 0 fully saturated rings. The van der Waals surface area contributed by atoms with E-state index >= 15 is 0 Å². The van der Waals surface area contributed by atoms with E-state index in [2.05, 4.69) is 29.2 Å². The molecule has 7 heteroatoms. The molecule has 0 atom stereocenters. The smallest absolute Gasteiger partial charge is 0.188 e. The lowest BCUT2D eigenvalue weighted by atomic mass is 10.2. The molecule has 1 aromatic carbocycles. The molecular weight excluding hydrogens is 419 g/mol. The van der Waals surface area contributed by atoms with Crippen LogP contribution in [0.25, 0.3) is 0 Å². The number of aliphatic imine (C=N–C) groups is 1. The molecule has 0 saturated carbocycles. The predicted octanol–water partition coefficient (Wildman–Crippen LogP) is 2.08. The molecule has 1 aromatic rings. The molecule has 0 bridgehead atoms. The molecule has 24 heavy (non-hydrogen) atoms. The van der Waals surface area contributed by atoms with Crippen LogP contribution in [0.15, 0.2) is 29.3 Å². The van der Waals surface area contributed by atoms with Crippen LogP contribution >= 0.6 is 24.0 Å². The van der Waals surface area contributed by atoms with Gasteiger partial charge in [0.2, 0.25) is 0 Å². The number of nitrogens with two attached hydrogens (primary N) is 1. The van der Waals surface area contributed by atoms with E-state index in [-0.39, 0.29) is 24.0 Å². The van der Waals surface area contributed by atoms with Gasteiger partial charge in [-0.3, -0.25) is 0 Å². The van der Waals surface area contributed by atoms with Crippen molar-refractivity contribution in [2.24, 2.45) is 10.7 Å². The first-order valence-corrected chi connectivity index (χ1v) is 8.08. The van der Waals surface area contributed by atoms with Gasteiger partial charge in [-0.25, -0.2) is 4.99 Å². The number of ether oxygens (including phenoxy) is 2. The van der Waals surface area contributed by atoms with Crippen LogP contribution in [0.3, 0.4) is 0 Å².